The average molecular weight is 387 g/mol. The number of H-pyrrole nitrogens is 1. The van der Waals surface area contributed by atoms with Gasteiger partial charge in [-0.1, -0.05) is 6.07 Å². The molecule has 1 aromatic carbocycles. The molecule has 28 heavy (non-hydrogen) atoms. The number of aromatic amines is 1. The van der Waals surface area contributed by atoms with Crippen molar-refractivity contribution in [2.45, 2.75) is 34.6 Å². The molecule has 2 rings (SSSR count). The number of esters is 2. The van der Waals surface area contributed by atoms with Crippen LogP contribution in [0.1, 0.15) is 50.2 Å². The molecule has 150 valence electrons. The summed E-state index contributed by atoms with van der Waals surface area (Å²) in [4.78, 5) is 39.1. The lowest BCUT2D eigenvalue weighted by Gasteiger charge is -2.08. The number of carbonyl (C=O) groups is 3. The Morgan fingerprint density at radius 1 is 0.964 bits per heavy atom. The highest BCUT2D eigenvalue weighted by Crippen LogP contribution is 2.20. The second-order valence-corrected chi connectivity index (χ2v) is 6.46. The maximum atomic E-state index is 12.4. The van der Waals surface area contributed by atoms with Gasteiger partial charge >= 0.3 is 11.9 Å². The van der Waals surface area contributed by atoms with E-state index in [0.29, 0.717) is 22.6 Å². The van der Waals surface area contributed by atoms with Crippen molar-refractivity contribution in [2.75, 3.05) is 19.8 Å². The predicted molar refractivity (Wildman–Crippen MR) is 103 cm³/mol. The monoisotopic (exact) mass is 387 g/mol. The normalized spacial score (nSPS) is 10.5. The lowest BCUT2D eigenvalue weighted by atomic mass is 10.1. The summed E-state index contributed by atoms with van der Waals surface area (Å²) >= 11 is 0. The van der Waals surface area contributed by atoms with E-state index in [1.807, 2.05) is 26.0 Å². The Kier molecular flexibility index (Phi) is 6.98. The van der Waals surface area contributed by atoms with Crippen molar-refractivity contribution in [3.8, 4) is 5.75 Å². The predicted octanol–water partition coefficient (Wildman–Crippen LogP) is 3.23. The first-order chi connectivity index (χ1) is 13.2. The van der Waals surface area contributed by atoms with Gasteiger partial charge in [0.05, 0.1) is 17.9 Å². The summed E-state index contributed by atoms with van der Waals surface area (Å²) in [7, 11) is 0. The summed E-state index contributed by atoms with van der Waals surface area (Å²) in [5, 5.41) is 0. The van der Waals surface area contributed by atoms with Crippen molar-refractivity contribution >= 4 is 17.7 Å². The van der Waals surface area contributed by atoms with Gasteiger partial charge in [-0.2, -0.15) is 0 Å². The van der Waals surface area contributed by atoms with E-state index in [2.05, 4.69) is 4.98 Å². The molecule has 0 aliphatic heterocycles. The van der Waals surface area contributed by atoms with Gasteiger partial charge < -0.3 is 19.2 Å². The minimum atomic E-state index is -0.655. The molecule has 0 bridgehead atoms. The van der Waals surface area contributed by atoms with Crippen LogP contribution in [-0.4, -0.2) is 42.5 Å². The Balaban J connectivity index is 1.92. The number of Topliss-reactive ketones (excluding diaryl/α,β-unsaturated/α-hetero) is 1. The third kappa shape index (κ3) is 5.00. The molecule has 1 aromatic heterocycles. The molecule has 1 N–H and O–H groups in total. The summed E-state index contributed by atoms with van der Waals surface area (Å²) in [6, 6.07) is 5.50. The number of hydrogen-bond donors (Lipinski definition) is 1. The zero-order valence-electron chi connectivity index (χ0n) is 16.8. The van der Waals surface area contributed by atoms with Gasteiger partial charge in [-0.3, -0.25) is 4.79 Å². The van der Waals surface area contributed by atoms with Crippen LogP contribution in [-0.2, 0) is 14.3 Å². The second kappa shape index (κ2) is 9.21. The third-order valence-electron chi connectivity index (χ3n) is 4.40. The molecule has 0 saturated carbocycles. The number of hydrogen-bond acceptors (Lipinski definition) is 6. The summed E-state index contributed by atoms with van der Waals surface area (Å²) in [6.07, 6.45) is 0. The van der Waals surface area contributed by atoms with Crippen LogP contribution in [0.2, 0.25) is 0 Å². The standard InChI is InChI=1S/C21H25NO6/c1-6-26-21(25)19-14(4)20(22-15(19)5)17(23)10-28-18(24)11-27-16-8-7-12(2)13(3)9-16/h7-9,22H,6,10-11H2,1-5H3. The first-order valence-corrected chi connectivity index (χ1v) is 8.99. The van der Waals surface area contributed by atoms with Gasteiger partial charge in [-0.15, -0.1) is 0 Å². The van der Waals surface area contributed by atoms with Gasteiger partial charge in [0.2, 0.25) is 5.78 Å². The molecule has 0 spiro atoms. The van der Waals surface area contributed by atoms with Gasteiger partial charge in [0.1, 0.15) is 5.75 Å². The van der Waals surface area contributed by atoms with Gasteiger partial charge in [-0.25, -0.2) is 9.59 Å². The molecular formula is C21H25NO6. The fraction of sp³-hybridized carbons (Fsp3) is 0.381. The second-order valence-electron chi connectivity index (χ2n) is 6.46. The van der Waals surface area contributed by atoms with Crippen LogP contribution in [0.15, 0.2) is 18.2 Å². The molecule has 0 radical (unpaired) electrons. The van der Waals surface area contributed by atoms with E-state index in [9.17, 15) is 14.4 Å². The van der Waals surface area contributed by atoms with Crippen LogP contribution < -0.4 is 4.74 Å². The van der Waals surface area contributed by atoms with Crippen molar-refractivity contribution < 1.29 is 28.6 Å². The van der Waals surface area contributed by atoms with Gasteiger partial charge in [-0.05, 0) is 63.4 Å². The van der Waals surface area contributed by atoms with Crippen molar-refractivity contribution in [1.82, 2.24) is 4.98 Å². The van der Waals surface area contributed by atoms with E-state index in [1.165, 1.54) is 0 Å². The zero-order valence-corrected chi connectivity index (χ0v) is 16.8. The highest BCUT2D eigenvalue weighted by molar-refractivity contribution is 6.02. The molecule has 0 aliphatic rings. The first kappa shape index (κ1) is 21.2. The first-order valence-electron chi connectivity index (χ1n) is 8.99. The Morgan fingerprint density at radius 2 is 1.68 bits per heavy atom. The molecule has 0 unspecified atom stereocenters. The lowest BCUT2D eigenvalue weighted by molar-refractivity contribution is -0.144. The molecule has 2 aromatic rings. The highest BCUT2D eigenvalue weighted by atomic mass is 16.6. The van der Waals surface area contributed by atoms with Crippen LogP contribution in [0.25, 0.3) is 0 Å². The maximum absolute atomic E-state index is 12.4. The molecule has 1 heterocycles. The lowest BCUT2D eigenvalue weighted by Crippen LogP contribution is -2.20. The van der Waals surface area contributed by atoms with Gasteiger partial charge in [0.15, 0.2) is 13.2 Å². The minimum Gasteiger partial charge on any atom is -0.482 e. The smallest absolute Gasteiger partial charge is 0.344 e. The minimum absolute atomic E-state index is 0.225. The van der Waals surface area contributed by atoms with Crippen LogP contribution >= 0.6 is 0 Å². The van der Waals surface area contributed by atoms with Crippen LogP contribution in [0.5, 0.6) is 5.75 Å². The largest absolute Gasteiger partial charge is 0.482 e. The SMILES string of the molecule is CCOC(=O)c1c(C)[nH]c(C(=O)COC(=O)COc2ccc(C)c(C)c2)c1C. The van der Waals surface area contributed by atoms with E-state index >= 15 is 0 Å². The van der Waals surface area contributed by atoms with Crippen molar-refractivity contribution in [3.05, 3.63) is 51.8 Å². The van der Waals surface area contributed by atoms with Crippen molar-refractivity contribution in [2.24, 2.45) is 0 Å². The van der Waals surface area contributed by atoms with E-state index < -0.39 is 24.3 Å². The van der Waals surface area contributed by atoms with Gasteiger partial charge in [0, 0.05) is 5.69 Å². The molecule has 0 amide bonds. The number of nitrogens with one attached hydrogen (secondary N) is 1. The Labute approximate surface area is 164 Å². The Hall–Kier alpha value is -3.09. The molecular weight excluding hydrogens is 362 g/mol. The summed E-state index contributed by atoms with van der Waals surface area (Å²) in [5.74, 6) is -1.03. The summed E-state index contributed by atoms with van der Waals surface area (Å²) in [5.41, 5.74) is 3.74. The third-order valence-corrected chi connectivity index (χ3v) is 4.40. The van der Waals surface area contributed by atoms with Crippen LogP contribution in [0.3, 0.4) is 0 Å². The number of aromatic nitrogens is 1. The number of carbonyl (C=O) groups excluding carboxylic acids is 3. The van der Waals surface area contributed by atoms with Crippen molar-refractivity contribution in [3.63, 3.8) is 0 Å². The van der Waals surface area contributed by atoms with Crippen LogP contribution in [0, 0.1) is 27.7 Å². The quantitative estimate of drug-likeness (QED) is 0.552. The zero-order chi connectivity index (χ0) is 20.8. The number of benzene rings is 1. The van der Waals surface area contributed by atoms with E-state index in [1.54, 1.807) is 26.8 Å². The highest BCUT2D eigenvalue weighted by Gasteiger charge is 2.23. The molecule has 0 saturated heterocycles. The van der Waals surface area contributed by atoms with Crippen LogP contribution in [0.4, 0.5) is 0 Å². The fourth-order valence-corrected chi connectivity index (χ4v) is 2.74. The molecule has 0 aliphatic carbocycles. The Morgan fingerprint density at radius 3 is 2.32 bits per heavy atom. The average Bonchev–Trinajstić information content (AvgIpc) is 2.95. The summed E-state index contributed by atoms with van der Waals surface area (Å²) < 4.78 is 15.4. The van der Waals surface area contributed by atoms with Gasteiger partial charge in [0.25, 0.3) is 0 Å². The fourth-order valence-electron chi connectivity index (χ4n) is 2.74. The number of aryl methyl sites for hydroxylation is 3. The van der Waals surface area contributed by atoms with E-state index in [-0.39, 0.29) is 18.9 Å². The van der Waals surface area contributed by atoms with E-state index in [4.69, 9.17) is 14.2 Å². The molecule has 7 nitrogen and oxygen atoms in total. The number of rotatable bonds is 8. The number of ketones is 1. The molecule has 0 atom stereocenters. The number of ether oxygens (including phenoxy) is 3. The molecule has 7 heteroatoms. The van der Waals surface area contributed by atoms with Crippen molar-refractivity contribution in [1.29, 1.82) is 0 Å². The Bertz CT molecular complexity index is 897. The van der Waals surface area contributed by atoms with E-state index in [0.717, 1.165) is 11.1 Å². The summed E-state index contributed by atoms with van der Waals surface area (Å²) in [6.45, 7) is 8.46. The molecule has 0 fully saturated rings. The topological polar surface area (TPSA) is 94.7 Å². The maximum Gasteiger partial charge on any atom is 0.344 e.